The third-order valence-corrected chi connectivity index (χ3v) is 2.86. The maximum atomic E-state index is 11.9. The Morgan fingerprint density at radius 1 is 1.19 bits per heavy atom. The summed E-state index contributed by atoms with van der Waals surface area (Å²) in [5.41, 5.74) is 0. The first-order chi connectivity index (χ1) is 7.70. The zero-order valence-corrected chi connectivity index (χ0v) is 10.2. The van der Waals surface area contributed by atoms with Gasteiger partial charge in [0.2, 0.25) is 0 Å². The summed E-state index contributed by atoms with van der Waals surface area (Å²) in [7, 11) is 0. The third kappa shape index (κ3) is 3.20. The van der Waals surface area contributed by atoms with Crippen molar-refractivity contribution in [3.8, 4) is 0 Å². The molecule has 1 aliphatic rings. The zero-order chi connectivity index (χ0) is 12.0. The Kier molecular flexibility index (Phi) is 5.25. The van der Waals surface area contributed by atoms with Gasteiger partial charge in [-0.3, -0.25) is 9.59 Å². The van der Waals surface area contributed by atoms with Gasteiger partial charge in [0.15, 0.2) is 0 Å². The smallest absolute Gasteiger partial charge is 0.312 e. The Hall–Kier alpha value is -1.10. The van der Waals surface area contributed by atoms with Crippen molar-refractivity contribution in [3.05, 3.63) is 0 Å². The molecule has 0 aromatic rings. The van der Waals surface area contributed by atoms with Crippen LogP contribution in [0.3, 0.4) is 0 Å². The number of nitrogens with zero attached hydrogens (tertiary/aromatic N) is 2. The monoisotopic (exact) mass is 227 g/mol. The van der Waals surface area contributed by atoms with E-state index in [1.165, 1.54) is 0 Å². The van der Waals surface area contributed by atoms with Gasteiger partial charge in [-0.25, -0.2) is 0 Å². The molecule has 0 aromatic carbocycles. The molecule has 1 fully saturated rings. The molecular formula is C11H21N3O2. The Balaban J connectivity index is 2.57. The Bertz CT molecular complexity index is 244. The number of hydrogen-bond acceptors (Lipinski definition) is 3. The van der Waals surface area contributed by atoms with Gasteiger partial charge in [0.05, 0.1) is 0 Å². The van der Waals surface area contributed by atoms with Crippen LogP contribution in [-0.4, -0.2) is 60.9 Å². The zero-order valence-electron chi connectivity index (χ0n) is 10.2. The molecule has 0 radical (unpaired) electrons. The number of hydrogen-bond donors (Lipinski definition) is 1. The van der Waals surface area contributed by atoms with Crippen LogP contribution in [0.5, 0.6) is 0 Å². The number of carbonyl (C=O) groups excluding carboxylic acids is 2. The van der Waals surface area contributed by atoms with Gasteiger partial charge in [0.25, 0.3) is 0 Å². The topological polar surface area (TPSA) is 52.7 Å². The average Bonchev–Trinajstić information content (AvgIpc) is 2.58. The summed E-state index contributed by atoms with van der Waals surface area (Å²) in [6, 6.07) is 0. The summed E-state index contributed by atoms with van der Waals surface area (Å²) < 4.78 is 0. The fourth-order valence-corrected chi connectivity index (χ4v) is 1.83. The highest BCUT2D eigenvalue weighted by Gasteiger charge is 2.25. The van der Waals surface area contributed by atoms with E-state index in [9.17, 15) is 9.59 Å². The van der Waals surface area contributed by atoms with E-state index < -0.39 is 0 Å². The standard InChI is InChI=1S/C11H21N3O2/c1-3-13(4-2)10(15)11(16)14-8-5-6-12-7-9-14/h12H,3-9H2,1-2H3. The minimum atomic E-state index is -0.369. The molecule has 16 heavy (non-hydrogen) atoms. The molecule has 0 saturated carbocycles. The van der Waals surface area contributed by atoms with Crippen LogP contribution in [0.25, 0.3) is 0 Å². The van der Waals surface area contributed by atoms with Gasteiger partial charge in [0, 0.05) is 32.7 Å². The lowest BCUT2D eigenvalue weighted by Crippen LogP contribution is -2.46. The largest absolute Gasteiger partial charge is 0.335 e. The molecule has 2 amide bonds. The number of nitrogens with one attached hydrogen (secondary N) is 1. The van der Waals surface area contributed by atoms with Crippen molar-refractivity contribution in [2.45, 2.75) is 20.3 Å². The molecule has 0 atom stereocenters. The SMILES string of the molecule is CCN(CC)C(=O)C(=O)N1CCCNCC1. The van der Waals surface area contributed by atoms with Crippen LogP contribution in [0.15, 0.2) is 0 Å². The van der Waals surface area contributed by atoms with E-state index in [2.05, 4.69) is 5.32 Å². The first-order valence-corrected chi connectivity index (χ1v) is 5.99. The van der Waals surface area contributed by atoms with E-state index in [1.54, 1.807) is 9.80 Å². The van der Waals surface area contributed by atoms with Crippen LogP contribution in [0.1, 0.15) is 20.3 Å². The third-order valence-electron chi connectivity index (χ3n) is 2.86. The molecule has 1 saturated heterocycles. The second-order valence-corrected chi connectivity index (χ2v) is 3.87. The lowest BCUT2D eigenvalue weighted by molar-refractivity contribution is -0.151. The van der Waals surface area contributed by atoms with Crippen molar-refractivity contribution >= 4 is 11.8 Å². The minimum Gasteiger partial charge on any atom is -0.335 e. The van der Waals surface area contributed by atoms with Gasteiger partial charge in [-0.05, 0) is 26.8 Å². The van der Waals surface area contributed by atoms with Crippen LogP contribution >= 0.6 is 0 Å². The van der Waals surface area contributed by atoms with E-state index in [0.29, 0.717) is 26.2 Å². The quantitative estimate of drug-likeness (QED) is 0.658. The number of amides is 2. The average molecular weight is 227 g/mol. The van der Waals surface area contributed by atoms with Crippen LogP contribution in [0.2, 0.25) is 0 Å². The van der Waals surface area contributed by atoms with Crippen molar-refractivity contribution in [3.63, 3.8) is 0 Å². The maximum Gasteiger partial charge on any atom is 0.312 e. The van der Waals surface area contributed by atoms with E-state index in [-0.39, 0.29) is 11.8 Å². The number of likely N-dealkylation sites (N-methyl/N-ethyl adjacent to an activating group) is 1. The van der Waals surface area contributed by atoms with E-state index in [0.717, 1.165) is 19.5 Å². The van der Waals surface area contributed by atoms with Crippen LogP contribution in [0.4, 0.5) is 0 Å². The first-order valence-electron chi connectivity index (χ1n) is 5.99. The molecule has 1 aliphatic heterocycles. The summed E-state index contributed by atoms with van der Waals surface area (Å²) in [4.78, 5) is 27.0. The Morgan fingerprint density at radius 2 is 1.88 bits per heavy atom. The Morgan fingerprint density at radius 3 is 2.50 bits per heavy atom. The van der Waals surface area contributed by atoms with Crippen LogP contribution < -0.4 is 5.32 Å². The highest BCUT2D eigenvalue weighted by Crippen LogP contribution is 2.00. The molecule has 0 aliphatic carbocycles. The normalized spacial score (nSPS) is 16.8. The molecule has 0 aromatic heterocycles. The lowest BCUT2D eigenvalue weighted by Gasteiger charge is -2.24. The van der Waals surface area contributed by atoms with Crippen LogP contribution in [0, 0.1) is 0 Å². The molecule has 1 heterocycles. The van der Waals surface area contributed by atoms with Gasteiger partial charge in [-0.2, -0.15) is 0 Å². The summed E-state index contributed by atoms with van der Waals surface area (Å²) in [5, 5.41) is 3.21. The van der Waals surface area contributed by atoms with Gasteiger partial charge in [-0.15, -0.1) is 0 Å². The van der Waals surface area contributed by atoms with Crippen LogP contribution in [-0.2, 0) is 9.59 Å². The van der Waals surface area contributed by atoms with E-state index in [4.69, 9.17) is 0 Å². The van der Waals surface area contributed by atoms with Gasteiger partial charge >= 0.3 is 11.8 Å². The Labute approximate surface area is 96.8 Å². The van der Waals surface area contributed by atoms with Crippen molar-refractivity contribution in [1.82, 2.24) is 15.1 Å². The fraction of sp³-hybridized carbons (Fsp3) is 0.818. The van der Waals surface area contributed by atoms with Gasteiger partial charge in [0.1, 0.15) is 0 Å². The van der Waals surface area contributed by atoms with Crippen molar-refractivity contribution in [2.75, 3.05) is 39.3 Å². The maximum absolute atomic E-state index is 11.9. The number of carbonyl (C=O) groups is 2. The summed E-state index contributed by atoms with van der Waals surface area (Å²) in [6.45, 7) is 7.96. The summed E-state index contributed by atoms with van der Waals surface area (Å²) in [5.74, 6) is -0.723. The van der Waals surface area contributed by atoms with Gasteiger partial charge in [-0.1, -0.05) is 0 Å². The molecule has 92 valence electrons. The molecule has 0 unspecified atom stereocenters. The van der Waals surface area contributed by atoms with E-state index in [1.807, 2.05) is 13.8 Å². The summed E-state index contributed by atoms with van der Waals surface area (Å²) >= 11 is 0. The molecule has 0 bridgehead atoms. The number of rotatable bonds is 2. The highest BCUT2D eigenvalue weighted by molar-refractivity contribution is 6.34. The van der Waals surface area contributed by atoms with Gasteiger partial charge < -0.3 is 15.1 Å². The van der Waals surface area contributed by atoms with Crippen molar-refractivity contribution in [2.24, 2.45) is 0 Å². The molecule has 0 spiro atoms. The summed E-state index contributed by atoms with van der Waals surface area (Å²) in [6.07, 6.45) is 0.914. The first kappa shape index (κ1) is 13.0. The van der Waals surface area contributed by atoms with E-state index >= 15 is 0 Å². The molecule has 5 nitrogen and oxygen atoms in total. The molecule has 5 heteroatoms. The predicted molar refractivity (Wildman–Crippen MR) is 62.0 cm³/mol. The van der Waals surface area contributed by atoms with Crippen molar-refractivity contribution < 1.29 is 9.59 Å². The molecule has 1 rings (SSSR count). The highest BCUT2D eigenvalue weighted by atomic mass is 16.2. The second-order valence-electron chi connectivity index (χ2n) is 3.87. The molecular weight excluding hydrogens is 206 g/mol. The second kappa shape index (κ2) is 6.48. The predicted octanol–water partition coefficient (Wildman–Crippen LogP) is -0.323. The lowest BCUT2D eigenvalue weighted by atomic mass is 10.3. The minimum absolute atomic E-state index is 0.354. The van der Waals surface area contributed by atoms with Crippen molar-refractivity contribution in [1.29, 1.82) is 0 Å². The molecule has 1 N–H and O–H groups in total. The fourth-order valence-electron chi connectivity index (χ4n) is 1.83.